The van der Waals surface area contributed by atoms with Crippen LogP contribution in [0.25, 0.3) is 11.3 Å². The van der Waals surface area contributed by atoms with Gasteiger partial charge < -0.3 is 0 Å². The second kappa shape index (κ2) is 5.92. The third-order valence-electron chi connectivity index (χ3n) is 2.66. The fourth-order valence-corrected chi connectivity index (χ4v) is 2.14. The molecule has 0 saturated heterocycles. The van der Waals surface area contributed by atoms with Gasteiger partial charge in [0.1, 0.15) is 5.69 Å². The average molecular weight is 331 g/mol. The molecule has 0 aliphatic heterocycles. The highest BCUT2D eigenvalue weighted by molar-refractivity contribution is 6.35. The number of hydrogen-bond donors (Lipinski definition) is 0. The molecule has 1 aromatic heterocycles. The van der Waals surface area contributed by atoms with Crippen molar-refractivity contribution < 1.29 is 13.2 Å². The minimum absolute atomic E-state index is 0.0302. The van der Waals surface area contributed by atoms with E-state index in [1.807, 2.05) is 6.07 Å². The molecule has 0 spiro atoms. The molecule has 0 radical (unpaired) electrons. The number of aromatic nitrogens is 1. The Labute approximate surface area is 128 Å². The third kappa shape index (κ3) is 3.66. The lowest BCUT2D eigenvalue weighted by Gasteiger charge is -2.11. The lowest BCUT2D eigenvalue weighted by atomic mass is 10.1. The fraction of sp³-hybridized carbons (Fsp3) is 0.143. The van der Waals surface area contributed by atoms with Crippen LogP contribution in [0.15, 0.2) is 30.3 Å². The first-order valence-corrected chi connectivity index (χ1v) is 6.47. The molecular weight excluding hydrogens is 324 g/mol. The van der Waals surface area contributed by atoms with E-state index in [1.54, 1.807) is 0 Å². The molecule has 21 heavy (non-hydrogen) atoms. The summed E-state index contributed by atoms with van der Waals surface area (Å²) in [4.78, 5) is 3.58. The number of rotatable bonds is 2. The summed E-state index contributed by atoms with van der Waals surface area (Å²) in [7, 11) is 0. The molecule has 7 heteroatoms. The molecule has 0 atom stereocenters. The first-order valence-electron chi connectivity index (χ1n) is 5.72. The Morgan fingerprint density at radius 2 is 1.86 bits per heavy atom. The minimum atomic E-state index is -4.61. The van der Waals surface area contributed by atoms with Gasteiger partial charge in [0, 0.05) is 10.6 Å². The lowest BCUT2D eigenvalue weighted by Crippen LogP contribution is -2.09. The molecule has 0 amide bonds. The van der Waals surface area contributed by atoms with Crippen molar-refractivity contribution in [2.45, 2.75) is 12.6 Å². The average Bonchev–Trinajstić information content (AvgIpc) is 2.40. The number of hydrogen-bond acceptors (Lipinski definition) is 2. The van der Waals surface area contributed by atoms with Gasteiger partial charge in [-0.3, -0.25) is 0 Å². The van der Waals surface area contributed by atoms with Gasteiger partial charge in [-0.25, -0.2) is 4.98 Å². The Hall–Kier alpha value is -1.77. The molecular formula is C14H7Cl2F3N2. The predicted octanol–water partition coefficient (Wildman–Crippen LogP) is 5.14. The monoisotopic (exact) mass is 330 g/mol. The highest BCUT2D eigenvalue weighted by Crippen LogP contribution is 2.34. The highest BCUT2D eigenvalue weighted by atomic mass is 35.5. The fourth-order valence-electron chi connectivity index (χ4n) is 1.76. The summed E-state index contributed by atoms with van der Waals surface area (Å²) in [5.74, 6) is 0. The van der Waals surface area contributed by atoms with Crippen molar-refractivity contribution in [2.75, 3.05) is 0 Å². The van der Waals surface area contributed by atoms with Crippen molar-refractivity contribution in [1.82, 2.24) is 4.98 Å². The van der Waals surface area contributed by atoms with Gasteiger partial charge in [0.05, 0.1) is 23.2 Å². The van der Waals surface area contributed by atoms with Gasteiger partial charge in [-0.15, -0.1) is 0 Å². The molecule has 2 rings (SSSR count). The molecule has 1 aromatic carbocycles. The molecule has 0 aliphatic rings. The largest absolute Gasteiger partial charge is 0.433 e. The third-order valence-corrected chi connectivity index (χ3v) is 3.23. The zero-order valence-corrected chi connectivity index (χ0v) is 11.9. The second-order valence-electron chi connectivity index (χ2n) is 4.20. The molecule has 0 N–H and O–H groups in total. The van der Waals surface area contributed by atoms with Crippen molar-refractivity contribution >= 4 is 23.2 Å². The van der Waals surface area contributed by atoms with Crippen LogP contribution in [0.1, 0.15) is 11.3 Å². The van der Waals surface area contributed by atoms with Crippen LogP contribution in [-0.2, 0) is 12.6 Å². The van der Waals surface area contributed by atoms with Gasteiger partial charge in [0.15, 0.2) is 0 Å². The maximum absolute atomic E-state index is 12.9. The van der Waals surface area contributed by atoms with Gasteiger partial charge in [-0.1, -0.05) is 23.2 Å². The maximum atomic E-state index is 12.9. The molecule has 0 bridgehead atoms. The smallest absolute Gasteiger partial charge is 0.243 e. The van der Waals surface area contributed by atoms with Crippen LogP contribution in [0, 0.1) is 11.3 Å². The van der Waals surface area contributed by atoms with Crippen molar-refractivity contribution in [3.05, 3.63) is 51.6 Å². The molecule has 0 aliphatic carbocycles. The summed E-state index contributed by atoms with van der Waals surface area (Å²) in [5.41, 5.74) is -0.538. The Balaban J connectivity index is 2.65. The van der Waals surface area contributed by atoms with Gasteiger partial charge in [-0.2, -0.15) is 18.4 Å². The number of halogens is 5. The quantitative estimate of drug-likeness (QED) is 0.764. The van der Waals surface area contributed by atoms with Crippen molar-refractivity contribution in [3.8, 4) is 17.3 Å². The molecule has 108 valence electrons. The number of benzene rings is 1. The zero-order valence-electron chi connectivity index (χ0n) is 10.4. The second-order valence-corrected chi connectivity index (χ2v) is 5.05. The zero-order chi connectivity index (χ0) is 15.6. The molecule has 2 aromatic rings. The normalized spacial score (nSPS) is 11.2. The van der Waals surface area contributed by atoms with Crippen LogP contribution in [0.5, 0.6) is 0 Å². The molecule has 0 fully saturated rings. The topological polar surface area (TPSA) is 36.7 Å². The summed E-state index contributed by atoms with van der Waals surface area (Å²) in [6.45, 7) is 0. The first kappa shape index (κ1) is 15.6. The van der Waals surface area contributed by atoms with E-state index in [0.717, 1.165) is 6.07 Å². The van der Waals surface area contributed by atoms with Crippen LogP contribution >= 0.6 is 23.2 Å². The van der Waals surface area contributed by atoms with E-state index in [2.05, 4.69) is 4.98 Å². The Bertz CT molecular complexity index is 721. The standard InChI is InChI=1S/C14H7Cl2F3N2/c15-9-1-2-11(16)10(7-9)12-5-8(3-4-20)6-13(21-12)14(17,18)19/h1-2,5-7H,3H2. The predicted molar refractivity (Wildman–Crippen MR) is 74.0 cm³/mol. The van der Waals surface area contributed by atoms with Crippen molar-refractivity contribution in [2.24, 2.45) is 0 Å². The molecule has 2 nitrogen and oxygen atoms in total. The minimum Gasteiger partial charge on any atom is -0.243 e. The van der Waals surface area contributed by atoms with Crippen LogP contribution in [0.4, 0.5) is 13.2 Å². The van der Waals surface area contributed by atoms with Gasteiger partial charge in [-0.05, 0) is 35.9 Å². The van der Waals surface area contributed by atoms with Crippen molar-refractivity contribution in [3.63, 3.8) is 0 Å². The summed E-state index contributed by atoms with van der Waals surface area (Å²) in [5, 5.41) is 9.23. The van der Waals surface area contributed by atoms with E-state index in [1.165, 1.54) is 24.3 Å². The van der Waals surface area contributed by atoms with E-state index in [4.69, 9.17) is 28.5 Å². The number of nitriles is 1. The Morgan fingerprint density at radius 1 is 1.14 bits per heavy atom. The van der Waals surface area contributed by atoms with E-state index in [-0.39, 0.29) is 28.3 Å². The number of alkyl halides is 3. The van der Waals surface area contributed by atoms with Crippen LogP contribution in [0.2, 0.25) is 10.0 Å². The van der Waals surface area contributed by atoms with Crippen LogP contribution < -0.4 is 0 Å². The summed E-state index contributed by atoms with van der Waals surface area (Å²) in [6, 6.07) is 8.50. The molecule has 0 unspecified atom stereocenters. The maximum Gasteiger partial charge on any atom is 0.433 e. The van der Waals surface area contributed by atoms with Gasteiger partial charge in [0.25, 0.3) is 0 Å². The number of nitrogens with zero attached hydrogens (tertiary/aromatic N) is 2. The Morgan fingerprint density at radius 3 is 2.48 bits per heavy atom. The van der Waals surface area contributed by atoms with Gasteiger partial charge in [0.2, 0.25) is 0 Å². The van der Waals surface area contributed by atoms with Crippen LogP contribution in [-0.4, -0.2) is 4.98 Å². The summed E-state index contributed by atoms with van der Waals surface area (Å²) in [6.07, 6.45) is -4.76. The van der Waals surface area contributed by atoms with E-state index in [9.17, 15) is 13.2 Å². The van der Waals surface area contributed by atoms with E-state index >= 15 is 0 Å². The van der Waals surface area contributed by atoms with Crippen LogP contribution in [0.3, 0.4) is 0 Å². The highest BCUT2D eigenvalue weighted by Gasteiger charge is 2.33. The van der Waals surface area contributed by atoms with E-state index in [0.29, 0.717) is 5.02 Å². The number of pyridine rings is 1. The van der Waals surface area contributed by atoms with E-state index < -0.39 is 11.9 Å². The lowest BCUT2D eigenvalue weighted by molar-refractivity contribution is -0.141. The molecule has 0 saturated carbocycles. The summed E-state index contributed by atoms with van der Waals surface area (Å²) < 4.78 is 38.6. The van der Waals surface area contributed by atoms with Gasteiger partial charge >= 0.3 is 6.18 Å². The summed E-state index contributed by atoms with van der Waals surface area (Å²) >= 11 is 11.8. The SMILES string of the molecule is N#CCc1cc(-c2cc(Cl)ccc2Cl)nc(C(F)(F)F)c1. The molecule has 1 heterocycles. The van der Waals surface area contributed by atoms with Crippen molar-refractivity contribution in [1.29, 1.82) is 5.26 Å². The first-order chi connectivity index (χ1) is 9.81. The Kier molecular flexibility index (Phi) is 4.40.